The predicted molar refractivity (Wildman–Crippen MR) is 133 cm³/mol. The molecule has 0 bridgehead atoms. The van der Waals surface area contributed by atoms with Crippen molar-refractivity contribution >= 4 is 34.5 Å². The molecule has 0 saturated heterocycles. The quantitative estimate of drug-likeness (QED) is 0.175. The van der Waals surface area contributed by atoms with E-state index in [1.54, 1.807) is 35.0 Å². The van der Waals surface area contributed by atoms with Crippen LogP contribution in [0.15, 0.2) is 55.0 Å². The van der Waals surface area contributed by atoms with Gasteiger partial charge >= 0.3 is 12.2 Å². The van der Waals surface area contributed by atoms with E-state index >= 15 is 0 Å². The van der Waals surface area contributed by atoms with Gasteiger partial charge in [0.1, 0.15) is 17.7 Å². The van der Waals surface area contributed by atoms with E-state index in [2.05, 4.69) is 20.7 Å². The molecule has 192 valence electrons. The highest BCUT2D eigenvalue weighted by atomic mass is 19.4. The lowest BCUT2D eigenvalue weighted by Crippen LogP contribution is -2.20. The molecule has 0 aliphatic carbocycles. The monoisotopic (exact) mass is 513 g/mol. The Bertz CT molecular complexity index is 1460. The second kappa shape index (κ2) is 10.2. The number of amides is 2. The van der Waals surface area contributed by atoms with Crippen molar-refractivity contribution in [2.45, 2.75) is 32.4 Å². The summed E-state index contributed by atoms with van der Waals surface area (Å²) in [7, 11) is 0. The summed E-state index contributed by atoms with van der Waals surface area (Å²) < 4.78 is 54.3. The summed E-state index contributed by atoms with van der Waals surface area (Å²) in [5.41, 5.74) is 8.23. The van der Waals surface area contributed by atoms with Gasteiger partial charge in [-0.05, 0) is 47.9 Å². The van der Waals surface area contributed by atoms with Crippen molar-refractivity contribution in [3.63, 3.8) is 0 Å². The Balaban J connectivity index is 1.57. The number of hydrogen-bond donors (Lipinski definition) is 4. The first kappa shape index (κ1) is 25.6. The number of benzene rings is 2. The third kappa shape index (κ3) is 5.68. The van der Waals surface area contributed by atoms with Crippen molar-refractivity contribution in [3.05, 3.63) is 71.9 Å². The maximum atomic E-state index is 14.0. The summed E-state index contributed by atoms with van der Waals surface area (Å²) in [5.74, 6) is -0.733. The number of carbonyl (C=O) groups excluding carboxylic acids is 1. The van der Waals surface area contributed by atoms with Gasteiger partial charge in [-0.15, -0.1) is 0 Å². The second-order valence-corrected chi connectivity index (χ2v) is 8.35. The van der Waals surface area contributed by atoms with Crippen LogP contribution in [0.2, 0.25) is 0 Å². The fraction of sp³-hybridized carbons (Fsp3) is 0.200. The summed E-state index contributed by atoms with van der Waals surface area (Å²) in [6, 6.07) is 7.46. The lowest BCUT2D eigenvalue weighted by molar-refractivity contribution is -0.137. The number of nitrogens with two attached hydrogens (primary N) is 1. The van der Waals surface area contributed by atoms with E-state index in [1.165, 1.54) is 6.33 Å². The predicted octanol–water partition coefficient (Wildman–Crippen LogP) is 6.14. The van der Waals surface area contributed by atoms with Crippen LogP contribution in [0.4, 0.5) is 39.5 Å². The Kier molecular flexibility index (Phi) is 7.09. The van der Waals surface area contributed by atoms with Gasteiger partial charge in [0.05, 0.1) is 11.3 Å². The first-order valence-electron chi connectivity index (χ1n) is 11.3. The van der Waals surface area contributed by atoms with Crippen molar-refractivity contribution in [2.75, 3.05) is 16.4 Å². The molecule has 0 radical (unpaired) electrons. The molecule has 0 unspecified atom stereocenters. The highest BCUT2D eigenvalue weighted by molar-refractivity contribution is 6.00. The largest absolute Gasteiger partial charge is 0.416 e. The van der Waals surface area contributed by atoms with Crippen LogP contribution in [0, 0.1) is 11.2 Å². The van der Waals surface area contributed by atoms with Crippen molar-refractivity contribution in [3.8, 4) is 11.1 Å². The van der Waals surface area contributed by atoms with E-state index in [-0.39, 0.29) is 5.82 Å². The molecule has 0 atom stereocenters. The highest BCUT2D eigenvalue weighted by Gasteiger charge is 2.31. The van der Waals surface area contributed by atoms with Crippen LogP contribution in [0.3, 0.4) is 0 Å². The average Bonchev–Trinajstić information content (AvgIpc) is 3.19. The normalized spacial score (nSPS) is 11.5. The number of anilines is 3. The number of urea groups is 1. The van der Waals surface area contributed by atoms with Crippen LogP contribution >= 0.6 is 0 Å². The molecule has 5 N–H and O–H groups in total. The highest BCUT2D eigenvalue weighted by Crippen LogP contribution is 2.34. The number of nitrogens with zero attached hydrogens (tertiary/aromatic N) is 3. The third-order valence-corrected chi connectivity index (χ3v) is 5.61. The van der Waals surface area contributed by atoms with Gasteiger partial charge in [-0.25, -0.2) is 18.7 Å². The topological polar surface area (TPSA) is 121 Å². The number of alkyl halides is 3. The number of fused-ring (bicyclic) bond motifs is 1. The van der Waals surface area contributed by atoms with E-state index < -0.39 is 29.3 Å². The Labute approximate surface area is 209 Å². The summed E-state index contributed by atoms with van der Waals surface area (Å²) in [5, 5.41) is 17.1. The SMILES string of the molecule is CCCC(=N)Cc1cn2ncnc(N)c2c1-c1ccc(NC(=O)Nc2cc(C(F)(F)F)ccc2F)cc1. The van der Waals surface area contributed by atoms with Crippen LogP contribution in [-0.4, -0.2) is 26.3 Å². The molecule has 2 heterocycles. The molecule has 4 rings (SSSR count). The molecule has 2 amide bonds. The lowest BCUT2D eigenvalue weighted by Gasteiger charge is -2.12. The molecule has 4 aromatic rings. The molecule has 8 nitrogen and oxygen atoms in total. The van der Waals surface area contributed by atoms with Crippen molar-refractivity contribution in [1.29, 1.82) is 5.41 Å². The van der Waals surface area contributed by atoms with E-state index in [9.17, 15) is 22.4 Å². The van der Waals surface area contributed by atoms with Gasteiger partial charge < -0.3 is 21.8 Å². The number of rotatable bonds is 7. The zero-order valence-electron chi connectivity index (χ0n) is 19.7. The van der Waals surface area contributed by atoms with Crippen molar-refractivity contribution in [1.82, 2.24) is 14.6 Å². The van der Waals surface area contributed by atoms with E-state index in [4.69, 9.17) is 11.1 Å². The molecule has 0 spiro atoms. The first-order chi connectivity index (χ1) is 17.6. The summed E-state index contributed by atoms with van der Waals surface area (Å²) in [6.07, 6.45) is 0.356. The summed E-state index contributed by atoms with van der Waals surface area (Å²) >= 11 is 0. The fourth-order valence-electron chi connectivity index (χ4n) is 3.96. The first-order valence-corrected chi connectivity index (χ1v) is 11.3. The Hall–Kier alpha value is -4.48. The fourth-order valence-corrected chi connectivity index (χ4v) is 3.96. The zero-order valence-corrected chi connectivity index (χ0v) is 19.7. The maximum Gasteiger partial charge on any atom is 0.416 e. The zero-order chi connectivity index (χ0) is 26.7. The number of nitrogens with one attached hydrogen (secondary N) is 3. The number of nitrogen functional groups attached to an aromatic ring is 1. The number of aromatic nitrogens is 3. The van der Waals surface area contributed by atoms with Crippen molar-refractivity contribution in [2.24, 2.45) is 0 Å². The molecular weight excluding hydrogens is 490 g/mol. The molecule has 0 aliphatic rings. The van der Waals surface area contributed by atoms with E-state index in [0.29, 0.717) is 48.0 Å². The minimum Gasteiger partial charge on any atom is -0.382 e. The molecule has 37 heavy (non-hydrogen) atoms. The van der Waals surface area contributed by atoms with Gasteiger partial charge in [-0.3, -0.25) is 0 Å². The standard InChI is InChI=1S/C25H23F4N7O/c1-2-3-17(30)10-15-12-36-22(23(31)32-13-33-36)21(15)14-4-7-18(8-5-14)34-24(37)35-20-11-16(25(27,28)29)6-9-19(20)26/h4-9,11-13,30H,2-3,10H2,1H3,(H2,31,32,33)(H2,34,35,37). The van der Waals surface area contributed by atoms with Gasteiger partial charge in [0, 0.05) is 29.6 Å². The third-order valence-electron chi connectivity index (χ3n) is 5.61. The smallest absolute Gasteiger partial charge is 0.382 e. The Morgan fingerprint density at radius 3 is 2.54 bits per heavy atom. The lowest BCUT2D eigenvalue weighted by atomic mass is 9.97. The summed E-state index contributed by atoms with van der Waals surface area (Å²) in [6.45, 7) is 2.00. The van der Waals surface area contributed by atoms with Gasteiger partial charge in [0.2, 0.25) is 0 Å². The molecule has 2 aromatic heterocycles. The molecule has 0 saturated carbocycles. The van der Waals surface area contributed by atoms with Gasteiger partial charge in [0.15, 0.2) is 5.82 Å². The van der Waals surface area contributed by atoms with Crippen LogP contribution in [-0.2, 0) is 12.6 Å². The van der Waals surface area contributed by atoms with Crippen LogP contribution in [0.5, 0.6) is 0 Å². The van der Waals surface area contributed by atoms with Crippen LogP contribution < -0.4 is 16.4 Å². The van der Waals surface area contributed by atoms with Gasteiger partial charge in [-0.2, -0.15) is 18.3 Å². The number of halogens is 4. The maximum absolute atomic E-state index is 14.0. The number of hydrogen-bond acceptors (Lipinski definition) is 5. The summed E-state index contributed by atoms with van der Waals surface area (Å²) in [4.78, 5) is 16.4. The average molecular weight is 513 g/mol. The van der Waals surface area contributed by atoms with Crippen LogP contribution in [0.25, 0.3) is 16.6 Å². The number of carbonyl (C=O) groups is 1. The van der Waals surface area contributed by atoms with Crippen molar-refractivity contribution < 1.29 is 22.4 Å². The minimum atomic E-state index is -4.68. The Morgan fingerprint density at radius 2 is 1.86 bits per heavy atom. The van der Waals surface area contributed by atoms with E-state index in [0.717, 1.165) is 23.1 Å². The molecule has 12 heteroatoms. The minimum absolute atomic E-state index is 0.267. The molecule has 0 fully saturated rings. The van der Waals surface area contributed by atoms with Crippen LogP contribution in [0.1, 0.15) is 30.9 Å². The van der Waals surface area contributed by atoms with E-state index in [1.807, 2.05) is 6.92 Å². The molecule has 2 aromatic carbocycles. The molecule has 0 aliphatic heterocycles. The van der Waals surface area contributed by atoms with Gasteiger partial charge in [-0.1, -0.05) is 25.5 Å². The second-order valence-electron chi connectivity index (χ2n) is 8.35. The molecular formula is C25H23F4N7O. The Morgan fingerprint density at radius 1 is 1.14 bits per heavy atom. The van der Waals surface area contributed by atoms with Gasteiger partial charge in [0.25, 0.3) is 0 Å².